The highest BCUT2D eigenvalue weighted by atomic mass is 32.2. The molecule has 3 aliphatic heterocycles. The summed E-state index contributed by atoms with van der Waals surface area (Å²) < 4.78 is 37.0. The van der Waals surface area contributed by atoms with Crippen LogP contribution in [0.25, 0.3) is 0 Å². The van der Waals surface area contributed by atoms with Crippen molar-refractivity contribution in [2.24, 2.45) is 0 Å². The van der Waals surface area contributed by atoms with E-state index in [9.17, 15) is 23.9 Å². The lowest BCUT2D eigenvalue weighted by Gasteiger charge is -2.53. The van der Waals surface area contributed by atoms with Crippen molar-refractivity contribution in [1.29, 1.82) is 0 Å². The highest BCUT2D eigenvalue weighted by Crippen LogP contribution is 2.45. The van der Waals surface area contributed by atoms with E-state index in [1.165, 1.54) is 33.6 Å². The van der Waals surface area contributed by atoms with Gasteiger partial charge < -0.3 is 15.2 Å². The molecule has 2 N–H and O–H groups in total. The summed E-state index contributed by atoms with van der Waals surface area (Å²) >= 11 is 1.36. The zero-order chi connectivity index (χ0) is 27.7. The number of pyridine rings is 1. The van der Waals surface area contributed by atoms with E-state index in [0.29, 0.717) is 5.56 Å². The molecule has 2 amide bonds. The van der Waals surface area contributed by atoms with Crippen molar-refractivity contribution in [3.63, 3.8) is 0 Å². The Hall–Kier alpha value is -3.90. The van der Waals surface area contributed by atoms with Crippen LogP contribution in [0.4, 0.5) is 8.78 Å². The van der Waals surface area contributed by atoms with E-state index in [2.05, 4.69) is 5.32 Å². The molecule has 7 rings (SSSR count). The fraction of sp³-hybridized carbons (Fsp3) is 0.321. The Morgan fingerprint density at radius 1 is 1.05 bits per heavy atom. The zero-order valence-corrected chi connectivity index (χ0v) is 21.9. The Morgan fingerprint density at radius 3 is 2.65 bits per heavy atom. The van der Waals surface area contributed by atoms with Gasteiger partial charge in [-0.3, -0.25) is 29.0 Å². The molecule has 4 heterocycles. The van der Waals surface area contributed by atoms with Crippen molar-refractivity contribution in [2.45, 2.75) is 47.8 Å². The fourth-order valence-electron chi connectivity index (χ4n) is 5.78. The third-order valence-corrected chi connectivity index (χ3v) is 8.96. The summed E-state index contributed by atoms with van der Waals surface area (Å²) in [7, 11) is 0. The summed E-state index contributed by atoms with van der Waals surface area (Å²) in [4.78, 5) is 41.9. The van der Waals surface area contributed by atoms with Gasteiger partial charge in [0, 0.05) is 34.5 Å². The van der Waals surface area contributed by atoms with Crippen LogP contribution in [0.2, 0.25) is 0 Å². The predicted octanol–water partition coefficient (Wildman–Crippen LogP) is 2.62. The third kappa shape index (κ3) is 3.80. The van der Waals surface area contributed by atoms with Gasteiger partial charge in [0.25, 0.3) is 5.91 Å². The van der Waals surface area contributed by atoms with Crippen molar-refractivity contribution >= 4 is 23.6 Å². The molecule has 40 heavy (non-hydrogen) atoms. The number of amides is 2. The number of rotatable bonds is 3. The Labute approximate surface area is 231 Å². The molecule has 3 atom stereocenters. The summed E-state index contributed by atoms with van der Waals surface area (Å²) in [5.74, 6) is -3.62. The number of aromatic nitrogens is 1. The molecule has 12 heteroatoms. The highest BCUT2D eigenvalue weighted by Gasteiger charge is 2.51. The molecule has 1 saturated heterocycles. The van der Waals surface area contributed by atoms with E-state index >= 15 is 4.39 Å². The minimum atomic E-state index is -1.03. The maximum Gasteiger partial charge on any atom is 0.278 e. The average molecular weight is 567 g/mol. The third-order valence-electron chi connectivity index (χ3n) is 7.85. The zero-order valence-electron chi connectivity index (χ0n) is 21.0. The van der Waals surface area contributed by atoms with Gasteiger partial charge >= 0.3 is 0 Å². The van der Waals surface area contributed by atoms with E-state index in [1.54, 1.807) is 5.01 Å². The Kier molecular flexibility index (Phi) is 5.86. The van der Waals surface area contributed by atoms with E-state index in [-0.39, 0.29) is 36.3 Å². The molecule has 9 nitrogen and oxygen atoms in total. The molecule has 1 unspecified atom stereocenters. The summed E-state index contributed by atoms with van der Waals surface area (Å²) in [6, 6.07) is 9.36. The van der Waals surface area contributed by atoms with Crippen LogP contribution in [0.5, 0.6) is 5.75 Å². The summed E-state index contributed by atoms with van der Waals surface area (Å²) in [5, 5.41) is 15.5. The summed E-state index contributed by atoms with van der Waals surface area (Å²) in [5.41, 5.74) is 0.310. The molecule has 4 aliphatic rings. The number of carbonyl (C=O) groups excluding carboxylic acids is 2. The molecule has 1 aromatic heterocycles. The van der Waals surface area contributed by atoms with Crippen molar-refractivity contribution in [3.8, 4) is 5.75 Å². The number of aromatic hydroxyl groups is 1. The van der Waals surface area contributed by atoms with Gasteiger partial charge in [-0.25, -0.2) is 8.78 Å². The normalized spacial score (nSPS) is 23.4. The molecular weight excluding hydrogens is 542 g/mol. The molecule has 0 bridgehead atoms. The Balaban J connectivity index is 1.48. The lowest BCUT2D eigenvalue weighted by molar-refractivity contribution is -0.135. The first-order valence-electron chi connectivity index (χ1n) is 13.0. The smallest absolute Gasteiger partial charge is 0.278 e. The first-order chi connectivity index (χ1) is 19.3. The standard InChI is InChI=1S/C28H24F2N4O5S/c29-18-8-7-15-17(23(18)30)13-40-21-4-2-1-3-16(21)24(15)34-22-12-39-11-19(27(37)31-14-5-6-14)33(22)28(38)25-26(36)20(35)9-10-32(25)34/h1-4,7-10,14,19,22,24,36H,5-6,11-13H2,(H,31,37)/t19?,22-,24+/m1/s1. The number of morpholine rings is 1. The van der Waals surface area contributed by atoms with Gasteiger partial charge in [0.2, 0.25) is 11.3 Å². The molecule has 2 fully saturated rings. The van der Waals surface area contributed by atoms with Gasteiger partial charge in [-0.1, -0.05) is 24.3 Å². The minimum absolute atomic E-state index is 0.00387. The molecule has 0 spiro atoms. The number of thioether (sulfide) groups is 1. The molecule has 2 aromatic carbocycles. The summed E-state index contributed by atoms with van der Waals surface area (Å²) in [6.45, 7) is -0.0733. The monoisotopic (exact) mass is 566 g/mol. The molecule has 206 valence electrons. The molecule has 1 aliphatic carbocycles. The first kappa shape index (κ1) is 25.1. The molecular formula is C28H24F2N4O5S. The van der Waals surface area contributed by atoms with Crippen LogP contribution in [0, 0.1) is 11.6 Å². The van der Waals surface area contributed by atoms with E-state index < -0.39 is 52.9 Å². The Bertz CT molecular complexity index is 1630. The van der Waals surface area contributed by atoms with Crippen molar-refractivity contribution < 1.29 is 28.2 Å². The first-order valence-corrected chi connectivity index (χ1v) is 14.0. The maximum absolute atomic E-state index is 15.3. The number of fused-ring (bicyclic) bond motifs is 4. The van der Waals surface area contributed by atoms with Crippen LogP contribution in [0.15, 0.2) is 58.4 Å². The number of hydrogen-bond acceptors (Lipinski definition) is 7. The van der Waals surface area contributed by atoms with Crippen LogP contribution in [0.3, 0.4) is 0 Å². The maximum atomic E-state index is 15.3. The van der Waals surface area contributed by atoms with Gasteiger partial charge in [-0.15, -0.1) is 11.8 Å². The second-order valence-corrected chi connectivity index (χ2v) is 11.3. The SMILES string of the molecule is O=C(NC1CC1)C1COC[C@@H]2N1C(=O)c1c(O)c(=O)ccn1N2[C@@H]1c2ccccc2SCc2c1ccc(F)c2F. The molecule has 3 aromatic rings. The minimum Gasteiger partial charge on any atom is -0.502 e. The van der Waals surface area contributed by atoms with Gasteiger partial charge in [0.1, 0.15) is 12.2 Å². The summed E-state index contributed by atoms with van der Waals surface area (Å²) in [6.07, 6.45) is 2.18. The van der Waals surface area contributed by atoms with Crippen LogP contribution in [0.1, 0.15) is 46.1 Å². The number of nitrogens with zero attached hydrogens (tertiary/aromatic N) is 3. The van der Waals surface area contributed by atoms with Crippen LogP contribution < -0.4 is 15.8 Å². The van der Waals surface area contributed by atoms with Crippen molar-refractivity contribution in [2.75, 3.05) is 18.2 Å². The fourth-order valence-corrected chi connectivity index (χ4v) is 6.90. The topological polar surface area (TPSA) is 104 Å². The predicted molar refractivity (Wildman–Crippen MR) is 141 cm³/mol. The largest absolute Gasteiger partial charge is 0.502 e. The van der Waals surface area contributed by atoms with E-state index in [0.717, 1.165) is 35.4 Å². The number of hydrogen-bond donors (Lipinski definition) is 2. The van der Waals surface area contributed by atoms with E-state index in [1.807, 2.05) is 24.3 Å². The Morgan fingerprint density at radius 2 is 1.85 bits per heavy atom. The molecule has 1 saturated carbocycles. The average Bonchev–Trinajstić information content (AvgIpc) is 3.79. The lowest BCUT2D eigenvalue weighted by Crippen LogP contribution is -2.71. The van der Waals surface area contributed by atoms with Crippen LogP contribution >= 0.6 is 11.8 Å². The van der Waals surface area contributed by atoms with E-state index in [4.69, 9.17) is 4.74 Å². The van der Waals surface area contributed by atoms with Gasteiger partial charge in [-0.2, -0.15) is 0 Å². The number of ether oxygens (including phenoxy) is 1. The van der Waals surface area contributed by atoms with Gasteiger partial charge in [-0.05, 0) is 36.1 Å². The number of carbonyl (C=O) groups is 2. The second-order valence-electron chi connectivity index (χ2n) is 10.3. The number of benzene rings is 2. The van der Waals surface area contributed by atoms with Crippen molar-refractivity contribution in [1.82, 2.24) is 14.9 Å². The van der Waals surface area contributed by atoms with Crippen LogP contribution in [-0.2, 0) is 15.3 Å². The lowest BCUT2D eigenvalue weighted by atomic mass is 9.92. The van der Waals surface area contributed by atoms with Gasteiger partial charge in [0.15, 0.2) is 23.1 Å². The van der Waals surface area contributed by atoms with Gasteiger partial charge in [0.05, 0.1) is 19.3 Å². The quantitative estimate of drug-likeness (QED) is 0.503. The second kappa shape index (κ2) is 9.34. The number of nitrogens with one attached hydrogen (secondary N) is 1. The number of halogens is 2. The van der Waals surface area contributed by atoms with Crippen molar-refractivity contribution in [3.05, 3.63) is 92.9 Å². The van der Waals surface area contributed by atoms with Crippen LogP contribution in [-0.4, -0.2) is 58.0 Å². The molecule has 0 radical (unpaired) electrons. The highest BCUT2D eigenvalue weighted by molar-refractivity contribution is 7.98.